The number of halogens is 1. The maximum atomic E-state index is 6.08. The van der Waals surface area contributed by atoms with Gasteiger partial charge in [0.25, 0.3) is 0 Å². The molecule has 1 aromatic rings. The van der Waals surface area contributed by atoms with Gasteiger partial charge in [0.05, 0.1) is 17.3 Å². The number of rotatable bonds is 9. The van der Waals surface area contributed by atoms with Crippen LogP contribution in [0.25, 0.3) is 0 Å². The molecule has 102 valence electrons. The zero-order valence-electron chi connectivity index (χ0n) is 11.3. The molecule has 0 saturated carbocycles. The molecule has 0 unspecified atom stereocenters. The summed E-state index contributed by atoms with van der Waals surface area (Å²) >= 11 is 6.08. The van der Waals surface area contributed by atoms with Crippen molar-refractivity contribution in [3.8, 4) is 5.88 Å². The second-order valence-corrected chi connectivity index (χ2v) is 4.67. The van der Waals surface area contributed by atoms with E-state index in [1.807, 2.05) is 12.1 Å². The van der Waals surface area contributed by atoms with Gasteiger partial charge in [-0.3, -0.25) is 0 Å². The Morgan fingerprint density at radius 2 is 2.06 bits per heavy atom. The Morgan fingerprint density at radius 1 is 1.22 bits per heavy atom. The Balaban J connectivity index is 2.40. The predicted molar refractivity (Wildman–Crippen MR) is 76.3 cm³/mol. The third-order valence-corrected chi connectivity index (χ3v) is 3.03. The number of pyridine rings is 1. The molecule has 0 fully saturated rings. The van der Waals surface area contributed by atoms with Crippen molar-refractivity contribution in [3.05, 3.63) is 22.8 Å². The van der Waals surface area contributed by atoms with E-state index in [1.54, 1.807) is 0 Å². The molecule has 0 aliphatic rings. The summed E-state index contributed by atoms with van der Waals surface area (Å²) in [5.41, 5.74) is 0.851. The minimum absolute atomic E-state index is 0.670. The van der Waals surface area contributed by atoms with Crippen molar-refractivity contribution < 1.29 is 4.74 Å². The van der Waals surface area contributed by atoms with Gasteiger partial charge in [0.15, 0.2) is 0 Å². The molecule has 4 heteroatoms. The number of nitrogens with zero attached hydrogens (tertiary/aromatic N) is 1. The summed E-state index contributed by atoms with van der Waals surface area (Å²) in [7, 11) is 0. The minimum Gasteiger partial charge on any atom is -0.478 e. The second-order valence-electron chi connectivity index (χ2n) is 4.27. The highest BCUT2D eigenvalue weighted by atomic mass is 35.5. The summed E-state index contributed by atoms with van der Waals surface area (Å²) in [6.45, 7) is 6.58. The van der Waals surface area contributed by atoms with E-state index in [0.717, 1.165) is 25.3 Å². The van der Waals surface area contributed by atoms with Gasteiger partial charge in [0, 0.05) is 12.6 Å². The zero-order valence-corrected chi connectivity index (χ0v) is 12.1. The van der Waals surface area contributed by atoms with E-state index in [1.165, 1.54) is 19.3 Å². The van der Waals surface area contributed by atoms with Gasteiger partial charge in [-0.05, 0) is 19.0 Å². The van der Waals surface area contributed by atoms with Crippen molar-refractivity contribution in [2.24, 2.45) is 0 Å². The van der Waals surface area contributed by atoms with Crippen LogP contribution in [0.1, 0.15) is 45.2 Å². The van der Waals surface area contributed by atoms with Gasteiger partial charge in [-0.15, -0.1) is 0 Å². The van der Waals surface area contributed by atoms with Gasteiger partial charge >= 0.3 is 0 Å². The highest BCUT2D eigenvalue weighted by molar-refractivity contribution is 6.31. The lowest BCUT2D eigenvalue weighted by Gasteiger charge is -2.08. The standard InChI is InChI=1S/C14H23ClN2O/c1-3-5-6-7-10-18-14-9-8-12(15)13(17-14)11-16-4-2/h8-9,16H,3-7,10-11H2,1-2H3. The van der Waals surface area contributed by atoms with Crippen LogP contribution in [0, 0.1) is 0 Å². The van der Waals surface area contributed by atoms with Crippen molar-refractivity contribution in [2.75, 3.05) is 13.2 Å². The van der Waals surface area contributed by atoms with Crippen molar-refractivity contribution in [1.29, 1.82) is 0 Å². The summed E-state index contributed by atoms with van der Waals surface area (Å²) in [6.07, 6.45) is 4.81. The first kappa shape index (κ1) is 15.3. The molecular formula is C14H23ClN2O. The Kier molecular flexibility index (Phi) is 7.78. The lowest BCUT2D eigenvalue weighted by molar-refractivity contribution is 0.293. The third kappa shape index (κ3) is 5.69. The van der Waals surface area contributed by atoms with Crippen LogP contribution in [0.3, 0.4) is 0 Å². The van der Waals surface area contributed by atoms with E-state index in [-0.39, 0.29) is 0 Å². The van der Waals surface area contributed by atoms with Gasteiger partial charge < -0.3 is 10.1 Å². The fraction of sp³-hybridized carbons (Fsp3) is 0.643. The molecule has 0 radical (unpaired) electrons. The predicted octanol–water partition coefficient (Wildman–Crippen LogP) is 3.80. The number of hydrogen-bond acceptors (Lipinski definition) is 3. The first-order valence-corrected chi connectivity index (χ1v) is 7.14. The van der Waals surface area contributed by atoms with E-state index in [9.17, 15) is 0 Å². The average molecular weight is 271 g/mol. The third-order valence-electron chi connectivity index (χ3n) is 2.68. The van der Waals surface area contributed by atoms with Crippen LogP contribution in [0.4, 0.5) is 0 Å². The summed E-state index contributed by atoms with van der Waals surface area (Å²) in [5, 5.41) is 3.90. The van der Waals surface area contributed by atoms with Gasteiger partial charge in [0.2, 0.25) is 5.88 Å². The van der Waals surface area contributed by atoms with E-state index in [2.05, 4.69) is 24.1 Å². The number of aromatic nitrogens is 1. The fourth-order valence-electron chi connectivity index (χ4n) is 1.62. The van der Waals surface area contributed by atoms with Crippen molar-refractivity contribution in [3.63, 3.8) is 0 Å². The quantitative estimate of drug-likeness (QED) is 0.693. The van der Waals surface area contributed by atoms with Crippen LogP contribution in [-0.4, -0.2) is 18.1 Å². The fourth-order valence-corrected chi connectivity index (χ4v) is 1.79. The van der Waals surface area contributed by atoms with Crippen molar-refractivity contribution >= 4 is 11.6 Å². The molecule has 0 bridgehead atoms. The van der Waals surface area contributed by atoms with Gasteiger partial charge in [-0.25, -0.2) is 4.98 Å². The molecule has 3 nitrogen and oxygen atoms in total. The maximum Gasteiger partial charge on any atom is 0.213 e. The van der Waals surface area contributed by atoms with Crippen LogP contribution in [-0.2, 0) is 6.54 Å². The van der Waals surface area contributed by atoms with E-state index < -0.39 is 0 Å². The average Bonchev–Trinajstić information content (AvgIpc) is 2.39. The van der Waals surface area contributed by atoms with Crippen LogP contribution in [0.2, 0.25) is 5.02 Å². The topological polar surface area (TPSA) is 34.1 Å². The van der Waals surface area contributed by atoms with Crippen LogP contribution in [0.15, 0.2) is 12.1 Å². The monoisotopic (exact) mass is 270 g/mol. The number of unbranched alkanes of at least 4 members (excludes halogenated alkanes) is 3. The Labute approximate surface area is 115 Å². The molecule has 0 aliphatic carbocycles. The maximum absolute atomic E-state index is 6.08. The Hall–Kier alpha value is -0.800. The molecule has 0 amide bonds. The molecule has 0 saturated heterocycles. The minimum atomic E-state index is 0.670. The molecule has 0 aromatic carbocycles. The molecule has 1 heterocycles. The second kappa shape index (κ2) is 9.17. The molecule has 18 heavy (non-hydrogen) atoms. The molecule has 1 N–H and O–H groups in total. The zero-order chi connectivity index (χ0) is 13.2. The normalized spacial score (nSPS) is 10.6. The smallest absolute Gasteiger partial charge is 0.213 e. The summed E-state index contributed by atoms with van der Waals surface area (Å²) < 4.78 is 5.63. The van der Waals surface area contributed by atoms with Crippen molar-refractivity contribution in [1.82, 2.24) is 10.3 Å². The SMILES string of the molecule is CCCCCCOc1ccc(Cl)c(CNCC)n1. The van der Waals surface area contributed by atoms with Crippen LogP contribution < -0.4 is 10.1 Å². The number of ether oxygens (including phenoxy) is 1. The Bertz CT molecular complexity index is 345. The highest BCUT2D eigenvalue weighted by Crippen LogP contribution is 2.18. The number of hydrogen-bond donors (Lipinski definition) is 1. The van der Waals surface area contributed by atoms with E-state index >= 15 is 0 Å². The summed E-state index contributed by atoms with van der Waals surface area (Å²) in [4.78, 5) is 4.41. The van der Waals surface area contributed by atoms with Gasteiger partial charge in [-0.2, -0.15) is 0 Å². The summed E-state index contributed by atoms with van der Waals surface area (Å²) in [6, 6.07) is 3.68. The summed E-state index contributed by atoms with van der Waals surface area (Å²) in [5.74, 6) is 0.670. The molecule has 0 spiro atoms. The van der Waals surface area contributed by atoms with E-state index in [0.29, 0.717) is 17.4 Å². The molecule has 0 aliphatic heterocycles. The molecular weight excluding hydrogens is 248 g/mol. The lowest BCUT2D eigenvalue weighted by Crippen LogP contribution is -2.13. The van der Waals surface area contributed by atoms with Crippen LogP contribution >= 0.6 is 11.6 Å². The Morgan fingerprint density at radius 3 is 2.78 bits per heavy atom. The van der Waals surface area contributed by atoms with Crippen LogP contribution in [0.5, 0.6) is 5.88 Å². The van der Waals surface area contributed by atoms with Gasteiger partial charge in [0.1, 0.15) is 0 Å². The largest absolute Gasteiger partial charge is 0.478 e. The van der Waals surface area contributed by atoms with Crippen molar-refractivity contribution in [2.45, 2.75) is 46.1 Å². The lowest BCUT2D eigenvalue weighted by atomic mass is 10.2. The molecule has 0 atom stereocenters. The first-order valence-electron chi connectivity index (χ1n) is 6.76. The number of nitrogens with one attached hydrogen (secondary N) is 1. The molecule has 1 aromatic heterocycles. The first-order chi connectivity index (χ1) is 8.77. The van der Waals surface area contributed by atoms with E-state index in [4.69, 9.17) is 16.3 Å². The van der Waals surface area contributed by atoms with Gasteiger partial charge in [-0.1, -0.05) is 44.7 Å². The molecule has 1 rings (SSSR count). The highest BCUT2D eigenvalue weighted by Gasteiger charge is 2.04.